The van der Waals surface area contributed by atoms with Crippen LogP contribution in [0.25, 0.3) is 0 Å². The van der Waals surface area contributed by atoms with Crippen molar-refractivity contribution in [3.05, 3.63) is 41.7 Å². The molecule has 0 saturated heterocycles. The fourth-order valence-corrected chi connectivity index (χ4v) is 2.84. The number of nitrogens with two attached hydrogens (primary N) is 1. The van der Waals surface area contributed by atoms with E-state index in [-0.39, 0.29) is 5.91 Å². The average Bonchev–Trinajstić information content (AvgIpc) is 3.02. The Balaban J connectivity index is 1.59. The second-order valence-electron chi connectivity index (χ2n) is 6.56. The Kier molecular flexibility index (Phi) is 8.02. The molecule has 136 valence electrons. The second-order valence-corrected chi connectivity index (χ2v) is 6.56. The molecule has 5 nitrogen and oxygen atoms in total. The van der Waals surface area contributed by atoms with Crippen molar-refractivity contribution >= 4 is 17.5 Å². The van der Waals surface area contributed by atoms with Gasteiger partial charge in [-0.05, 0) is 49.8 Å². The highest BCUT2D eigenvalue weighted by Crippen LogP contribution is 2.13. The zero-order valence-electron chi connectivity index (χ0n) is 15.2. The smallest absolute Gasteiger partial charge is 0.224 e. The Hall–Kier alpha value is -2.30. The Bertz CT molecular complexity index is 633. The summed E-state index contributed by atoms with van der Waals surface area (Å²) in [5, 5.41) is 2.98. The number of nitrogen functional groups attached to an aromatic ring is 1. The van der Waals surface area contributed by atoms with Gasteiger partial charge in [-0.1, -0.05) is 38.3 Å². The van der Waals surface area contributed by atoms with Gasteiger partial charge in [0.25, 0.3) is 0 Å². The van der Waals surface area contributed by atoms with E-state index in [9.17, 15) is 4.79 Å². The van der Waals surface area contributed by atoms with Crippen LogP contribution in [0, 0.1) is 0 Å². The summed E-state index contributed by atoms with van der Waals surface area (Å²) in [6.07, 6.45) is 11.0. The number of rotatable bonds is 11. The van der Waals surface area contributed by atoms with Gasteiger partial charge < -0.3 is 16.0 Å². The fourth-order valence-electron chi connectivity index (χ4n) is 2.84. The van der Waals surface area contributed by atoms with E-state index < -0.39 is 0 Å². The normalized spacial score (nSPS) is 10.8. The largest absolute Gasteiger partial charge is 0.369 e. The molecule has 2 rings (SSSR count). The van der Waals surface area contributed by atoms with E-state index >= 15 is 0 Å². The topological polar surface area (TPSA) is 83.8 Å². The molecule has 1 heterocycles. The molecule has 0 aliphatic heterocycles. The molecule has 1 aromatic heterocycles. The van der Waals surface area contributed by atoms with Crippen LogP contribution in [0.3, 0.4) is 0 Å². The number of imidazole rings is 1. The second kappa shape index (κ2) is 10.5. The number of H-pyrrole nitrogens is 1. The van der Waals surface area contributed by atoms with Gasteiger partial charge in [-0.15, -0.1) is 0 Å². The van der Waals surface area contributed by atoms with Gasteiger partial charge in [-0.25, -0.2) is 4.98 Å². The molecule has 0 fully saturated rings. The van der Waals surface area contributed by atoms with Gasteiger partial charge in [0.15, 0.2) is 5.95 Å². The van der Waals surface area contributed by atoms with E-state index in [1.54, 1.807) is 6.20 Å². The molecular formula is C20H30N4O. The fraction of sp³-hybridized carbons (Fsp3) is 0.500. The molecule has 4 N–H and O–H groups in total. The number of nitrogens with zero attached hydrogens (tertiary/aromatic N) is 1. The van der Waals surface area contributed by atoms with Crippen molar-refractivity contribution in [2.75, 3.05) is 11.1 Å². The molecule has 25 heavy (non-hydrogen) atoms. The SMILES string of the molecule is CCCCCc1ccc(NC(=O)CCCCCc2cnc(N)[nH]2)cc1. The monoisotopic (exact) mass is 342 g/mol. The lowest BCUT2D eigenvalue weighted by molar-refractivity contribution is -0.116. The minimum Gasteiger partial charge on any atom is -0.369 e. The minimum absolute atomic E-state index is 0.0875. The number of hydrogen-bond donors (Lipinski definition) is 3. The number of benzene rings is 1. The number of hydrogen-bond acceptors (Lipinski definition) is 3. The first kappa shape index (κ1) is 19.0. The van der Waals surface area contributed by atoms with Crippen molar-refractivity contribution in [2.24, 2.45) is 0 Å². The number of aromatic amines is 1. The Morgan fingerprint density at radius 1 is 1.08 bits per heavy atom. The van der Waals surface area contributed by atoms with Crippen LogP contribution in [0.2, 0.25) is 0 Å². The van der Waals surface area contributed by atoms with Crippen molar-refractivity contribution in [2.45, 2.75) is 64.7 Å². The molecule has 0 radical (unpaired) electrons. The molecule has 0 aliphatic carbocycles. The molecule has 2 aromatic rings. The highest BCUT2D eigenvalue weighted by Gasteiger charge is 2.03. The first-order valence-electron chi connectivity index (χ1n) is 9.35. The molecule has 0 atom stereocenters. The molecule has 0 aliphatic rings. The summed E-state index contributed by atoms with van der Waals surface area (Å²) in [5.41, 5.74) is 8.82. The van der Waals surface area contributed by atoms with E-state index in [4.69, 9.17) is 5.73 Å². The van der Waals surface area contributed by atoms with Crippen molar-refractivity contribution in [3.8, 4) is 0 Å². The van der Waals surface area contributed by atoms with Crippen LogP contribution in [-0.4, -0.2) is 15.9 Å². The number of anilines is 2. The maximum absolute atomic E-state index is 12.0. The molecule has 0 unspecified atom stereocenters. The van der Waals surface area contributed by atoms with Crippen LogP contribution < -0.4 is 11.1 Å². The highest BCUT2D eigenvalue weighted by molar-refractivity contribution is 5.90. The van der Waals surface area contributed by atoms with Gasteiger partial charge in [0, 0.05) is 17.8 Å². The lowest BCUT2D eigenvalue weighted by Gasteiger charge is -2.07. The number of nitrogens with one attached hydrogen (secondary N) is 2. The van der Waals surface area contributed by atoms with Crippen LogP contribution in [0.15, 0.2) is 30.5 Å². The number of carbonyl (C=O) groups is 1. The number of amides is 1. The molecular weight excluding hydrogens is 312 g/mol. The molecule has 0 spiro atoms. The third-order valence-corrected chi connectivity index (χ3v) is 4.30. The Labute approximate surface area is 150 Å². The van der Waals surface area contributed by atoms with Crippen molar-refractivity contribution in [3.63, 3.8) is 0 Å². The first-order chi connectivity index (χ1) is 12.2. The summed E-state index contributed by atoms with van der Waals surface area (Å²) in [6, 6.07) is 8.23. The van der Waals surface area contributed by atoms with Gasteiger partial charge in [0.1, 0.15) is 0 Å². The molecule has 0 bridgehead atoms. The lowest BCUT2D eigenvalue weighted by atomic mass is 10.1. The number of aromatic nitrogens is 2. The average molecular weight is 342 g/mol. The summed E-state index contributed by atoms with van der Waals surface area (Å²) >= 11 is 0. The third kappa shape index (κ3) is 7.42. The molecule has 1 aromatic carbocycles. The van der Waals surface area contributed by atoms with Crippen LogP contribution in [0.1, 0.15) is 63.1 Å². The minimum atomic E-state index is 0.0875. The maximum Gasteiger partial charge on any atom is 0.224 e. The van der Waals surface area contributed by atoms with Gasteiger partial charge in [-0.3, -0.25) is 4.79 Å². The molecule has 5 heteroatoms. The van der Waals surface area contributed by atoms with Crippen LogP contribution in [0.5, 0.6) is 0 Å². The van der Waals surface area contributed by atoms with Gasteiger partial charge in [0.05, 0.1) is 6.20 Å². The van der Waals surface area contributed by atoms with E-state index in [0.29, 0.717) is 12.4 Å². The summed E-state index contributed by atoms with van der Waals surface area (Å²) in [7, 11) is 0. The summed E-state index contributed by atoms with van der Waals surface area (Å²) in [6.45, 7) is 2.21. The standard InChI is InChI=1S/C20H30N4O/c1-2-3-5-8-16-11-13-17(14-12-16)23-19(25)10-7-4-6-9-18-15-22-20(21)24-18/h11-15H,2-10H2,1H3,(H,23,25)(H3,21,22,24). The van der Waals surface area contributed by atoms with E-state index in [1.807, 2.05) is 12.1 Å². The van der Waals surface area contributed by atoms with Crippen molar-refractivity contribution < 1.29 is 4.79 Å². The van der Waals surface area contributed by atoms with Crippen molar-refractivity contribution in [1.29, 1.82) is 0 Å². The Morgan fingerprint density at radius 2 is 1.84 bits per heavy atom. The van der Waals surface area contributed by atoms with E-state index in [1.165, 1.54) is 24.8 Å². The number of unbranched alkanes of at least 4 members (excludes halogenated alkanes) is 4. The highest BCUT2D eigenvalue weighted by atomic mass is 16.1. The third-order valence-electron chi connectivity index (χ3n) is 4.30. The van der Waals surface area contributed by atoms with Gasteiger partial charge in [-0.2, -0.15) is 0 Å². The number of carbonyl (C=O) groups excluding carboxylic acids is 1. The summed E-state index contributed by atoms with van der Waals surface area (Å²) in [5.74, 6) is 0.551. The van der Waals surface area contributed by atoms with Crippen molar-refractivity contribution in [1.82, 2.24) is 9.97 Å². The quantitative estimate of drug-likeness (QED) is 0.527. The number of aryl methyl sites for hydroxylation is 2. The predicted octanol–water partition coefficient (Wildman–Crippen LogP) is 4.47. The maximum atomic E-state index is 12.0. The molecule has 0 saturated carbocycles. The van der Waals surface area contributed by atoms with Crippen LogP contribution in [-0.2, 0) is 17.6 Å². The first-order valence-corrected chi connectivity index (χ1v) is 9.35. The lowest BCUT2D eigenvalue weighted by Crippen LogP contribution is -2.11. The zero-order chi connectivity index (χ0) is 17.9. The molecule has 1 amide bonds. The van der Waals surface area contributed by atoms with E-state index in [0.717, 1.165) is 43.5 Å². The van der Waals surface area contributed by atoms with Gasteiger partial charge >= 0.3 is 0 Å². The van der Waals surface area contributed by atoms with Crippen LogP contribution in [0.4, 0.5) is 11.6 Å². The summed E-state index contributed by atoms with van der Waals surface area (Å²) < 4.78 is 0. The van der Waals surface area contributed by atoms with E-state index in [2.05, 4.69) is 34.3 Å². The zero-order valence-corrected chi connectivity index (χ0v) is 15.2. The Morgan fingerprint density at radius 3 is 2.52 bits per heavy atom. The van der Waals surface area contributed by atoms with Gasteiger partial charge in [0.2, 0.25) is 5.91 Å². The summed E-state index contributed by atoms with van der Waals surface area (Å²) in [4.78, 5) is 19.0. The predicted molar refractivity (Wildman–Crippen MR) is 103 cm³/mol. The van der Waals surface area contributed by atoms with Crippen LogP contribution >= 0.6 is 0 Å².